The molecule has 0 aliphatic carbocycles. The van der Waals surface area contributed by atoms with E-state index in [0.717, 1.165) is 22.8 Å². The zero-order valence-corrected chi connectivity index (χ0v) is 13.3. The van der Waals surface area contributed by atoms with Crippen molar-refractivity contribution >= 4 is 0 Å². The van der Waals surface area contributed by atoms with Gasteiger partial charge in [0.1, 0.15) is 24.0 Å². The van der Waals surface area contributed by atoms with Crippen LogP contribution >= 0.6 is 0 Å². The van der Waals surface area contributed by atoms with E-state index in [1.165, 1.54) is 0 Å². The molecule has 0 fully saturated rings. The van der Waals surface area contributed by atoms with Crippen molar-refractivity contribution in [2.45, 2.75) is 26.4 Å². The van der Waals surface area contributed by atoms with Crippen LogP contribution in [0.5, 0.6) is 5.75 Å². The maximum absolute atomic E-state index is 12.2. The molecule has 0 saturated heterocycles. The van der Waals surface area contributed by atoms with Gasteiger partial charge in [-0.1, -0.05) is 18.2 Å². The van der Waals surface area contributed by atoms with Crippen molar-refractivity contribution in [3.8, 4) is 11.8 Å². The Balaban J connectivity index is 2.30. The van der Waals surface area contributed by atoms with E-state index in [-0.39, 0.29) is 28.7 Å². The molecular weight excluding hydrogens is 308 g/mol. The number of fused-ring (bicyclic) bond motifs is 1. The number of nitrogens with zero attached hydrogens (tertiary/aromatic N) is 1. The Bertz CT molecular complexity index is 950. The summed E-state index contributed by atoms with van der Waals surface area (Å²) >= 11 is 0. The molecule has 1 aliphatic heterocycles. The number of nitriles is 1. The maximum atomic E-state index is 12.2. The van der Waals surface area contributed by atoms with E-state index in [0.29, 0.717) is 0 Å². The molecular formula is C18H16N2O4. The quantitative estimate of drug-likeness (QED) is 0.874. The van der Waals surface area contributed by atoms with Gasteiger partial charge in [-0.05, 0) is 30.5 Å². The molecule has 2 aromatic rings. The van der Waals surface area contributed by atoms with Crippen LogP contribution in [0.4, 0.5) is 0 Å². The number of allylic oxidation sites excluding steroid dienone is 1. The summed E-state index contributed by atoms with van der Waals surface area (Å²) in [7, 11) is 0. The van der Waals surface area contributed by atoms with E-state index in [4.69, 9.17) is 14.9 Å². The van der Waals surface area contributed by atoms with Gasteiger partial charge in [0.15, 0.2) is 5.76 Å². The molecule has 0 radical (unpaired) electrons. The lowest BCUT2D eigenvalue weighted by Gasteiger charge is -2.25. The highest BCUT2D eigenvalue weighted by Gasteiger charge is 2.35. The number of rotatable bonds is 2. The van der Waals surface area contributed by atoms with Gasteiger partial charge in [-0.2, -0.15) is 5.26 Å². The molecule has 1 aliphatic rings. The van der Waals surface area contributed by atoms with Gasteiger partial charge in [0.2, 0.25) is 17.1 Å². The lowest BCUT2D eigenvalue weighted by molar-refractivity contribution is 0.231. The van der Waals surface area contributed by atoms with Crippen molar-refractivity contribution in [2.24, 2.45) is 5.73 Å². The predicted molar refractivity (Wildman–Crippen MR) is 86.1 cm³/mol. The molecule has 0 bridgehead atoms. The number of nitrogens with two attached hydrogens (primary N) is 1. The van der Waals surface area contributed by atoms with Crippen molar-refractivity contribution < 1.29 is 14.3 Å². The van der Waals surface area contributed by atoms with Gasteiger partial charge >= 0.3 is 0 Å². The fourth-order valence-corrected chi connectivity index (χ4v) is 2.74. The highest BCUT2D eigenvalue weighted by atomic mass is 16.5. The summed E-state index contributed by atoms with van der Waals surface area (Å²) in [6.07, 6.45) is 0. The molecule has 122 valence electrons. The van der Waals surface area contributed by atoms with Crippen LogP contribution in [0.1, 0.15) is 34.1 Å². The average molecular weight is 324 g/mol. The second kappa shape index (κ2) is 5.87. The van der Waals surface area contributed by atoms with E-state index < -0.39 is 18.0 Å². The van der Waals surface area contributed by atoms with Crippen molar-refractivity contribution in [2.75, 3.05) is 0 Å². The summed E-state index contributed by atoms with van der Waals surface area (Å²) in [5, 5.41) is 18.8. The SMILES string of the molecule is Cc1ccc([C@H]2C(C#N)=C(N)Oc3c2oc(CO)cc3=O)cc1C. The summed E-state index contributed by atoms with van der Waals surface area (Å²) in [6.45, 7) is 3.51. The molecule has 1 atom stereocenters. The molecule has 6 heteroatoms. The number of aliphatic hydroxyl groups excluding tert-OH is 1. The van der Waals surface area contributed by atoms with Crippen molar-refractivity contribution in [3.63, 3.8) is 0 Å². The minimum Gasteiger partial charge on any atom is -0.458 e. The van der Waals surface area contributed by atoms with E-state index in [1.807, 2.05) is 38.1 Å². The van der Waals surface area contributed by atoms with Crippen LogP contribution in [0.15, 0.2) is 44.9 Å². The minimum absolute atomic E-state index is 0.0491. The van der Waals surface area contributed by atoms with Gasteiger partial charge in [0.05, 0.1) is 5.92 Å². The Morgan fingerprint density at radius 3 is 2.67 bits per heavy atom. The Labute approximate surface area is 138 Å². The average Bonchev–Trinajstić information content (AvgIpc) is 2.56. The van der Waals surface area contributed by atoms with Crippen LogP contribution in [0.25, 0.3) is 0 Å². The first kappa shape index (κ1) is 15.8. The summed E-state index contributed by atoms with van der Waals surface area (Å²) in [5.41, 5.74) is 8.47. The number of aliphatic hydroxyl groups is 1. The molecule has 24 heavy (non-hydrogen) atoms. The first-order valence-corrected chi connectivity index (χ1v) is 7.38. The highest BCUT2D eigenvalue weighted by Crippen LogP contribution is 2.41. The largest absolute Gasteiger partial charge is 0.458 e. The number of hydrogen-bond donors (Lipinski definition) is 2. The second-order valence-electron chi connectivity index (χ2n) is 5.70. The molecule has 3 rings (SSSR count). The predicted octanol–water partition coefficient (Wildman–Crippen LogP) is 1.97. The third-order valence-electron chi connectivity index (χ3n) is 4.15. The van der Waals surface area contributed by atoms with Crippen molar-refractivity contribution in [3.05, 3.63) is 74.2 Å². The molecule has 1 aromatic carbocycles. The third kappa shape index (κ3) is 2.45. The van der Waals surface area contributed by atoms with Gasteiger partial charge in [-0.3, -0.25) is 4.79 Å². The topological polar surface area (TPSA) is 109 Å². The first-order valence-electron chi connectivity index (χ1n) is 7.38. The maximum Gasteiger partial charge on any atom is 0.228 e. The standard InChI is InChI=1S/C18H16N2O4/c1-9-3-4-11(5-10(9)2)15-13(7-19)18(20)24-16-14(22)6-12(8-21)23-17(15)16/h3-6,15,21H,8,20H2,1-2H3/t15-/m0/s1. The minimum atomic E-state index is -0.655. The fourth-order valence-electron chi connectivity index (χ4n) is 2.74. The number of aryl methyl sites for hydroxylation is 2. The van der Waals surface area contributed by atoms with Crippen LogP contribution in [-0.2, 0) is 6.61 Å². The smallest absolute Gasteiger partial charge is 0.228 e. The number of benzene rings is 1. The van der Waals surface area contributed by atoms with E-state index >= 15 is 0 Å². The van der Waals surface area contributed by atoms with Crippen LogP contribution in [0.2, 0.25) is 0 Å². The Morgan fingerprint density at radius 1 is 1.29 bits per heavy atom. The lowest BCUT2D eigenvalue weighted by atomic mass is 9.86. The van der Waals surface area contributed by atoms with E-state index in [2.05, 4.69) is 0 Å². The highest BCUT2D eigenvalue weighted by molar-refractivity contribution is 5.52. The van der Waals surface area contributed by atoms with Gasteiger partial charge in [0, 0.05) is 6.07 Å². The summed E-state index contributed by atoms with van der Waals surface area (Å²) < 4.78 is 10.9. The molecule has 0 amide bonds. The number of hydrogen-bond acceptors (Lipinski definition) is 6. The van der Waals surface area contributed by atoms with E-state index in [9.17, 15) is 15.2 Å². The molecule has 0 saturated carbocycles. The molecule has 2 heterocycles. The Kier molecular flexibility index (Phi) is 3.87. The van der Waals surface area contributed by atoms with Crippen LogP contribution in [-0.4, -0.2) is 5.11 Å². The summed E-state index contributed by atoms with van der Waals surface area (Å²) in [4.78, 5) is 12.2. The zero-order chi connectivity index (χ0) is 17.4. The van der Waals surface area contributed by atoms with Gasteiger partial charge in [-0.25, -0.2) is 0 Å². The summed E-state index contributed by atoms with van der Waals surface area (Å²) in [6, 6.07) is 8.90. The fraction of sp³-hybridized carbons (Fsp3) is 0.222. The first-order chi connectivity index (χ1) is 11.5. The zero-order valence-electron chi connectivity index (χ0n) is 13.3. The van der Waals surface area contributed by atoms with Crippen molar-refractivity contribution in [1.29, 1.82) is 5.26 Å². The summed E-state index contributed by atoms with van der Waals surface area (Å²) in [5.74, 6) is -0.532. The van der Waals surface area contributed by atoms with Crippen LogP contribution in [0.3, 0.4) is 0 Å². The molecule has 3 N–H and O–H groups in total. The van der Waals surface area contributed by atoms with Crippen molar-refractivity contribution in [1.82, 2.24) is 0 Å². The monoisotopic (exact) mass is 324 g/mol. The van der Waals surface area contributed by atoms with Crippen LogP contribution in [0, 0.1) is 25.2 Å². The normalized spacial score (nSPS) is 16.3. The van der Waals surface area contributed by atoms with E-state index in [1.54, 1.807) is 0 Å². The van der Waals surface area contributed by atoms with Crippen LogP contribution < -0.4 is 15.9 Å². The lowest BCUT2D eigenvalue weighted by Crippen LogP contribution is -2.25. The number of ether oxygens (including phenoxy) is 1. The van der Waals surface area contributed by atoms with Gasteiger partial charge in [0.25, 0.3) is 0 Å². The Hall–Kier alpha value is -3.04. The molecule has 0 unspecified atom stereocenters. The van der Waals surface area contributed by atoms with Gasteiger partial charge in [-0.15, -0.1) is 0 Å². The molecule has 0 spiro atoms. The third-order valence-corrected chi connectivity index (χ3v) is 4.15. The molecule has 6 nitrogen and oxygen atoms in total. The van der Waals surface area contributed by atoms with Gasteiger partial charge < -0.3 is 20.0 Å². The second-order valence-corrected chi connectivity index (χ2v) is 5.70. The Morgan fingerprint density at radius 2 is 2.04 bits per heavy atom. The molecule has 1 aromatic heterocycles.